The lowest BCUT2D eigenvalue weighted by Gasteiger charge is -2.35. The van der Waals surface area contributed by atoms with E-state index in [1.165, 1.54) is 0 Å². The third-order valence-corrected chi connectivity index (χ3v) is 4.42. The molecule has 1 heterocycles. The molecule has 0 aliphatic carbocycles. The molecule has 0 unspecified atom stereocenters. The molecule has 1 aliphatic rings. The molecule has 2 amide bonds. The molecular formula is C21H24N2O2. The third kappa shape index (κ3) is 3.43. The zero-order valence-corrected chi connectivity index (χ0v) is 15.2. The van der Waals surface area contributed by atoms with Crippen LogP contribution in [0.3, 0.4) is 0 Å². The van der Waals surface area contributed by atoms with E-state index in [-0.39, 0.29) is 24.4 Å². The topological polar surface area (TPSA) is 49.4 Å². The predicted molar refractivity (Wildman–Crippen MR) is 99.3 cm³/mol. The van der Waals surface area contributed by atoms with Gasteiger partial charge in [0.1, 0.15) is 6.54 Å². The van der Waals surface area contributed by atoms with Gasteiger partial charge in [-0.3, -0.25) is 9.59 Å². The van der Waals surface area contributed by atoms with Crippen LogP contribution in [0.25, 0.3) is 0 Å². The van der Waals surface area contributed by atoms with E-state index < -0.39 is 5.41 Å². The van der Waals surface area contributed by atoms with Gasteiger partial charge in [0.05, 0.1) is 6.04 Å². The van der Waals surface area contributed by atoms with E-state index in [9.17, 15) is 9.59 Å². The van der Waals surface area contributed by atoms with Crippen LogP contribution in [0.4, 0.5) is 5.69 Å². The number of carbonyl (C=O) groups is 2. The quantitative estimate of drug-likeness (QED) is 0.858. The van der Waals surface area contributed by atoms with Gasteiger partial charge in [-0.2, -0.15) is 0 Å². The van der Waals surface area contributed by atoms with Gasteiger partial charge in [-0.1, -0.05) is 68.8 Å². The Balaban J connectivity index is 2.22. The zero-order valence-electron chi connectivity index (χ0n) is 15.2. The highest BCUT2D eigenvalue weighted by molar-refractivity contribution is 5.97. The van der Waals surface area contributed by atoms with Crippen LogP contribution in [0.15, 0.2) is 48.5 Å². The Bertz CT molecular complexity index is 806. The number of hydrogen-bond donors (Lipinski definition) is 1. The van der Waals surface area contributed by atoms with E-state index in [0.29, 0.717) is 0 Å². The Morgan fingerprint density at radius 1 is 1.12 bits per heavy atom. The summed E-state index contributed by atoms with van der Waals surface area (Å²) in [7, 11) is 0. The molecule has 2 aromatic carbocycles. The van der Waals surface area contributed by atoms with Gasteiger partial charge in [-0.15, -0.1) is 0 Å². The Kier molecular flexibility index (Phi) is 4.38. The fraction of sp³-hybridized carbons (Fsp3) is 0.333. The van der Waals surface area contributed by atoms with Gasteiger partial charge in [0.15, 0.2) is 0 Å². The lowest BCUT2D eigenvalue weighted by molar-refractivity contribution is -0.143. The molecule has 0 saturated heterocycles. The maximum atomic E-state index is 13.1. The van der Waals surface area contributed by atoms with Gasteiger partial charge in [0, 0.05) is 16.7 Å². The minimum absolute atomic E-state index is 0.0362. The second-order valence-corrected chi connectivity index (χ2v) is 7.64. The molecule has 1 aliphatic heterocycles. The van der Waals surface area contributed by atoms with Gasteiger partial charge < -0.3 is 10.2 Å². The maximum absolute atomic E-state index is 13.1. The summed E-state index contributed by atoms with van der Waals surface area (Å²) in [4.78, 5) is 27.3. The smallest absolute Gasteiger partial charge is 0.244 e. The largest absolute Gasteiger partial charge is 0.324 e. The summed E-state index contributed by atoms with van der Waals surface area (Å²) in [6.07, 6.45) is 0. The summed E-state index contributed by atoms with van der Waals surface area (Å²) < 4.78 is 0. The van der Waals surface area contributed by atoms with E-state index in [4.69, 9.17) is 0 Å². The second kappa shape index (κ2) is 6.36. The molecule has 0 saturated carbocycles. The molecule has 25 heavy (non-hydrogen) atoms. The van der Waals surface area contributed by atoms with E-state index >= 15 is 0 Å². The summed E-state index contributed by atoms with van der Waals surface area (Å²) in [5.41, 5.74) is 3.26. The van der Waals surface area contributed by atoms with Crippen molar-refractivity contribution >= 4 is 17.5 Å². The number of carbonyl (C=O) groups excluding carboxylic acids is 2. The van der Waals surface area contributed by atoms with Gasteiger partial charge in [-0.25, -0.2) is 0 Å². The van der Waals surface area contributed by atoms with E-state index in [1.54, 1.807) is 4.90 Å². The van der Waals surface area contributed by atoms with Gasteiger partial charge in [0.25, 0.3) is 0 Å². The van der Waals surface area contributed by atoms with Crippen LogP contribution < -0.4 is 5.32 Å². The first-order chi connectivity index (χ1) is 11.8. The molecule has 0 fully saturated rings. The van der Waals surface area contributed by atoms with Crippen molar-refractivity contribution in [1.82, 2.24) is 4.90 Å². The van der Waals surface area contributed by atoms with E-state index in [1.807, 2.05) is 70.2 Å². The normalized spacial score (nSPS) is 17.5. The molecule has 1 N–H and O–H groups in total. The summed E-state index contributed by atoms with van der Waals surface area (Å²) in [6, 6.07) is 15.6. The first-order valence-electron chi connectivity index (χ1n) is 8.54. The number of fused-ring (bicyclic) bond motifs is 1. The molecule has 0 aromatic heterocycles. The Hall–Kier alpha value is -2.62. The standard InChI is InChI=1S/C21H24N2O2/c1-14-10-11-17-16(12-14)19(15-8-6-5-7-9-15)23(13-18(24)22-17)20(25)21(2,3)4/h5-12,19H,13H2,1-4H3,(H,22,24)/t19-/m0/s1. The van der Waals surface area contributed by atoms with Crippen LogP contribution in [-0.4, -0.2) is 23.3 Å². The monoisotopic (exact) mass is 336 g/mol. The van der Waals surface area contributed by atoms with Gasteiger partial charge >= 0.3 is 0 Å². The molecular weight excluding hydrogens is 312 g/mol. The van der Waals surface area contributed by atoms with Crippen molar-refractivity contribution in [2.45, 2.75) is 33.7 Å². The van der Waals surface area contributed by atoms with Crippen LogP contribution in [-0.2, 0) is 9.59 Å². The van der Waals surface area contributed by atoms with E-state index in [2.05, 4.69) is 11.4 Å². The number of benzene rings is 2. The number of amides is 2. The van der Waals surface area contributed by atoms with Crippen molar-refractivity contribution in [3.63, 3.8) is 0 Å². The molecule has 130 valence electrons. The highest BCUT2D eigenvalue weighted by Crippen LogP contribution is 2.38. The minimum atomic E-state index is -0.568. The van der Waals surface area contributed by atoms with Crippen LogP contribution in [0, 0.1) is 12.3 Å². The molecule has 0 bridgehead atoms. The van der Waals surface area contributed by atoms with Crippen LogP contribution in [0.1, 0.15) is 43.5 Å². The van der Waals surface area contributed by atoms with Crippen molar-refractivity contribution in [3.05, 3.63) is 65.2 Å². The second-order valence-electron chi connectivity index (χ2n) is 7.64. The molecule has 1 atom stereocenters. The number of nitrogens with one attached hydrogen (secondary N) is 1. The maximum Gasteiger partial charge on any atom is 0.244 e. The lowest BCUT2D eigenvalue weighted by atomic mass is 9.90. The Labute approximate surface area is 148 Å². The average Bonchev–Trinajstić information content (AvgIpc) is 2.69. The average molecular weight is 336 g/mol. The molecule has 2 aromatic rings. The Morgan fingerprint density at radius 3 is 2.44 bits per heavy atom. The predicted octanol–water partition coefficient (Wildman–Crippen LogP) is 3.91. The fourth-order valence-corrected chi connectivity index (χ4v) is 3.24. The molecule has 0 spiro atoms. The first-order valence-corrected chi connectivity index (χ1v) is 8.54. The van der Waals surface area contributed by atoms with Crippen molar-refractivity contribution in [2.75, 3.05) is 11.9 Å². The fourth-order valence-electron chi connectivity index (χ4n) is 3.24. The van der Waals surface area contributed by atoms with Crippen LogP contribution in [0.5, 0.6) is 0 Å². The SMILES string of the molecule is Cc1ccc2c(c1)[C@H](c1ccccc1)N(C(=O)C(C)(C)C)CC(=O)N2. The molecule has 0 radical (unpaired) electrons. The number of anilines is 1. The van der Waals surface area contributed by atoms with Crippen molar-refractivity contribution in [3.8, 4) is 0 Å². The first kappa shape index (κ1) is 17.2. The molecule has 3 rings (SSSR count). The van der Waals surface area contributed by atoms with Crippen molar-refractivity contribution in [1.29, 1.82) is 0 Å². The molecule has 4 nitrogen and oxygen atoms in total. The lowest BCUT2D eigenvalue weighted by Crippen LogP contribution is -2.44. The van der Waals surface area contributed by atoms with Crippen LogP contribution in [0.2, 0.25) is 0 Å². The summed E-state index contributed by atoms with van der Waals surface area (Å²) in [5.74, 6) is -0.202. The summed E-state index contributed by atoms with van der Waals surface area (Å²) in [6.45, 7) is 7.72. The van der Waals surface area contributed by atoms with E-state index in [0.717, 1.165) is 22.4 Å². The number of aryl methyl sites for hydroxylation is 1. The van der Waals surface area contributed by atoms with Gasteiger partial charge in [-0.05, 0) is 18.6 Å². The summed E-state index contributed by atoms with van der Waals surface area (Å²) in [5, 5.41) is 2.95. The number of rotatable bonds is 1. The van der Waals surface area contributed by atoms with Crippen LogP contribution >= 0.6 is 0 Å². The zero-order chi connectivity index (χ0) is 18.2. The van der Waals surface area contributed by atoms with Crippen molar-refractivity contribution < 1.29 is 9.59 Å². The minimum Gasteiger partial charge on any atom is -0.324 e. The highest BCUT2D eigenvalue weighted by atomic mass is 16.2. The Morgan fingerprint density at radius 2 is 1.80 bits per heavy atom. The number of hydrogen-bond acceptors (Lipinski definition) is 2. The van der Waals surface area contributed by atoms with Crippen molar-refractivity contribution in [2.24, 2.45) is 5.41 Å². The number of nitrogens with zero attached hydrogens (tertiary/aromatic N) is 1. The highest BCUT2D eigenvalue weighted by Gasteiger charge is 2.37. The molecule has 4 heteroatoms. The van der Waals surface area contributed by atoms with Gasteiger partial charge in [0.2, 0.25) is 11.8 Å². The third-order valence-electron chi connectivity index (χ3n) is 4.42. The summed E-state index contributed by atoms with van der Waals surface area (Å²) >= 11 is 0.